The minimum atomic E-state index is -0.639. The summed E-state index contributed by atoms with van der Waals surface area (Å²) in [4.78, 5) is 55.8. The quantitative estimate of drug-likeness (QED) is 0.697. The predicted octanol–water partition coefficient (Wildman–Crippen LogP) is 2.61. The van der Waals surface area contributed by atoms with Gasteiger partial charge in [-0.15, -0.1) is 0 Å². The van der Waals surface area contributed by atoms with Gasteiger partial charge in [-0.2, -0.15) is 0 Å². The van der Waals surface area contributed by atoms with E-state index in [0.29, 0.717) is 43.7 Å². The van der Waals surface area contributed by atoms with Gasteiger partial charge in [0, 0.05) is 37.3 Å². The van der Waals surface area contributed by atoms with E-state index in [-0.39, 0.29) is 29.2 Å². The number of hydrogen-bond donors (Lipinski definition) is 0. The summed E-state index contributed by atoms with van der Waals surface area (Å²) in [7, 11) is 0. The average Bonchev–Trinajstić information content (AvgIpc) is 3.03. The van der Waals surface area contributed by atoms with Crippen LogP contribution in [0, 0.1) is 0 Å². The molecular formula is C25H27N3O4. The van der Waals surface area contributed by atoms with Gasteiger partial charge in [0.15, 0.2) is 0 Å². The van der Waals surface area contributed by atoms with Crippen LogP contribution in [0.3, 0.4) is 0 Å². The first-order valence-electron chi connectivity index (χ1n) is 10.8. The fourth-order valence-corrected chi connectivity index (χ4v) is 4.21. The maximum absolute atomic E-state index is 13.0. The second-order valence-corrected chi connectivity index (χ2v) is 9.21. The van der Waals surface area contributed by atoms with Crippen LogP contribution in [-0.4, -0.2) is 70.0 Å². The van der Waals surface area contributed by atoms with Gasteiger partial charge in [0.1, 0.15) is 0 Å². The topological polar surface area (TPSA) is 78.0 Å². The molecular weight excluding hydrogens is 406 g/mol. The molecule has 32 heavy (non-hydrogen) atoms. The van der Waals surface area contributed by atoms with Crippen molar-refractivity contribution < 1.29 is 19.2 Å². The van der Waals surface area contributed by atoms with Crippen molar-refractivity contribution in [3.05, 3.63) is 70.8 Å². The molecule has 0 N–H and O–H groups in total. The molecule has 0 saturated carbocycles. The van der Waals surface area contributed by atoms with Crippen molar-refractivity contribution in [3.63, 3.8) is 0 Å². The van der Waals surface area contributed by atoms with E-state index in [0.717, 1.165) is 5.56 Å². The van der Waals surface area contributed by atoms with Crippen LogP contribution in [0.15, 0.2) is 48.5 Å². The summed E-state index contributed by atoms with van der Waals surface area (Å²) >= 11 is 0. The second kappa shape index (κ2) is 8.22. The Morgan fingerprint density at radius 2 is 1.41 bits per heavy atom. The predicted molar refractivity (Wildman–Crippen MR) is 119 cm³/mol. The molecule has 4 rings (SSSR count). The lowest BCUT2D eigenvalue weighted by atomic mass is 10.0. The maximum Gasteiger partial charge on any atom is 0.262 e. The standard InChI is InChI=1S/C25H27N3O4/c1-25(2,3)28-23(31)19-10-9-18(16-20(19)24(28)32)22(30)27-13-11-26(12-14-27)21(29)15-17-7-5-4-6-8-17/h4-10,16H,11-15H2,1-3H3. The van der Waals surface area contributed by atoms with Crippen LogP contribution in [0.25, 0.3) is 0 Å². The number of benzene rings is 2. The van der Waals surface area contributed by atoms with E-state index in [1.165, 1.54) is 11.0 Å². The molecule has 2 aliphatic heterocycles. The van der Waals surface area contributed by atoms with Gasteiger partial charge in [0.25, 0.3) is 17.7 Å². The van der Waals surface area contributed by atoms with Crippen molar-refractivity contribution in [3.8, 4) is 0 Å². The average molecular weight is 434 g/mol. The fourth-order valence-electron chi connectivity index (χ4n) is 4.21. The molecule has 0 aliphatic carbocycles. The highest BCUT2D eigenvalue weighted by atomic mass is 16.2. The summed E-state index contributed by atoms with van der Waals surface area (Å²) in [6.07, 6.45) is 0.347. The zero-order valence-electron chi connectivity index (χ0n) is 18.6. The second-order valence-electron chi connectivity index (χ2n) is 9.21. The van der Waals surface area contributed by atoms with Gasteiger partial charge in [0.2, 0.25) is 5.91 Å². The first-order chi connectivity index (χ1) is 15.2. The van der Waals surface area contributed by atoms with Crippen molar-refractivity contribution in [1.82, 2.24) is 14.7 Å². The number of imide groups is 1. The fraction of sp³-hybridized carbons (Fsp3) is 0.360. The Morgan fingerprint density at radius 3 is 2.03 bits per heavy atom. The van der Waals surface area contributed by atoms with E-state index in [2.05, 4.69) is 0 Å². The SMILES string of the molecule is CC(C)(C)N1C(=O)c2ccc(C(=O)N3CCN(C(=O)Cc4ccccc4)CC3)cc2C1=O. The molecule has 0 unspecified atom stereocenters. The molecule has 7 heteroatoms. The van der Waals surface area contributed by atoms with E-state index < -0.39 is 5.54 Å². The Morgan fingerprint density at radius 1 is 0.812 bits per heavy atom. The Kier molecular flexibility index (Phi) is 5.59. The van der Waals surface area contributed by atoms with E-state index in [4.69, 9.17) is 0 Å². The number of rotatable bonds is 3. The largest absolute Gasteiger partial charge is 0.339 e. The van der Waals surface area contributed by atoms with Crippen LogP contribution < -0.4 is 0 Å². The number of carbonyl (C=O) groups excluding carboxylic acids is 4. The van der Waals surface area contributed by atoms with Gasteiger partial charge < -0.3 is 9.80 Å². The highest BCUT2D eigenvalue weighted by molar-refractivity contribution is 6.22. The van der Waals surface area contributed by atoms with Crippen LogP contribution in [0.4, 0.5) is 0 Å². The molecule has 0 spiro atoms. The summed E-state index contributed by atoms with van der Waals surface area (Å²) < 4.78 is 0. The van der Waals surface area contributed by atoms with E-state index >= 15 is 0 Å². The highest BCUT2D eigenvalue weighted by Gasteiger charge is 2.42. The molecule has 4 amide bonds. The van der Waals surface area contributed by atoms with Gasteiger partial charge in [-0.3, -0.25) is 24.1 Å². The third-order valence-electron chi connectivity index (χ3n) is 5.92. The molecule has 7 nitrogen and oxygen atoms in total. The number of carbonyl (C=O) groups is 4. The minimum Gasteiger partial charge on any atom is -0.339 e. The summed E-state index contributed by atoms with van der Waals surface area (Å²) in [5.41, 5.74) is 1.31. The Labute approximate surface area is 187 Å². The zero-order chi connectivity index (χ0) is 23.0. The summed E-state index contributed by atoms with van der Waals surface area (Å²) in [5, 5.41) is 0. The molecule has 1 fully saturated rings. The molecule has 166 valence electrons. The lowest BCUT2D eigenvalue weighted by Crippen LogP contribution is -2.51. The number of hydrogen-bond acceptors (Lipinski definition) is 4. The van der Waals surface area contributed by atoms with Crippen molar-refractivity contribution in [2.24, 2.45) is 0 Å². The number of nitrogens with zero attached hydrogens (tertiary/aromatic N) is 3. The van der Waals surface area contributed by atoms with Gasteiger partial charge in [-0.25, -0.2) is 0 Å². The normalized spacial score (nSPS) is 16.4. The highest BCUT2D eigenvalue weighted by Crippen LogP contribution is 2.30. The van der Waals surface area contributed by atoms with Gasteiger partial charge in [-0.1, -0.05) is 30.3 Å². The first-order valence-corrected chi connectivity index (χ1v) is 10.8. The Balaban J connectivity index is 1.42. The third kappa shape index (κ3) is 4.02. The molecule has 2 heterocycles. The summed E-state index contributed by atoms with van der Waals surface area (Å²) in [6.45, 7) is 7.21. The monoisotopic (exact) mass is 433 g/mol. The minimum absolute atomic E-state index is 0.0483. The van der Waals surface area contributed by atoms with Crippen molar-refractivity contribution in [2.75, 3.05) is 26.2 Å². The van der Waals surface area contributed by atoms with Crippen LogP contribution >= 0.6 is 0 Å². The molecule has 0 bridgehead atoms. The van der Waals surface area contributed by atoms with Gasteiger partial charge in [0.05, 0.1) is 17.5 Å². The number of piperazine rings is 1. The van der Waals surface area contributed by atoms with Gasteiger partial charge in [-0.05, 0) is 44.5 Å². The van der Waals surface area contributed by atoms with E-state index in [9.17, 15) is 19.2 Å². The third-order valence-corrected chi connectivity index (χ3v) is 5.92. The number of amides is 4. The van der Waals surface area contributed by atoms with Crippen LogP contribution in [-0.2, 0) is 11.2 Å². The molecule has 2 aliphatic rings. The summed E-state index contributed by atoms with van der Waals surface area (Å²) in [6, 6.07) is 14.3. The lowest BCUT2D eigenvalue weighted by molar-refractivity contribution is -0.131. The molecule has 0 atom stereocenters. The van der Waals surface area contributed by atoms with Crippen LogP contribution in [0.5, 0.6) is 0 Å². The molecule has 0 aromatic heterocycles. The Bertz CT molecular complexity index is 1080. The summed E-state index contributed by atoms with van der Waals surface area (Å²) in [5.74, 6) is -0.852. The zero-order valence-corrected chi connectivity index (χ0v) is 18.6. The van der Waals surface area contributed by atoms with Crippen molar-refractivity contribution in [2.45, 2.75) is 32.7 Å². The Hall–Kier alpha value is -3.48. The van der Waals surface area contributed by atoms with E-state index in [1.54, 1.807) is 42.7 Å². The van der Waals surface area contributed by atoms with Crippen molar-refractivity contribution >= 4 is 23.6 Å². The van der Waals surface area contributed by atoms with Crippen LogP contribution in [0.1, 0.15) is 57.4 Å². The lowest BCUT2D eigenvalue weighted by Gasteiger charge is -2.35. The maximum atomic E-state index is 13.0. The van der Waals surface area contributed by atoms with E-state index in [1.807, 2.05) is 30.3 Å². The van der Waals surface area contributed by atoms with Gasteiger partial charge >= 0.3 is 0 Å². The molecule has 1 saturated heterocycles. The van der Waals surface area contributed by atoms with Crippen molar-refractivity contribution in [1.29, 1.82) is 0 Å². The smallest absolute Gasteiger partial charge is 0.262 e. The molecule has 0 radical (unpaired) electrons. The molecule has 2 aromatic carbocycles. The number of fused-ring (bicyclic) bond motifs is 1. The first kappa shape index (κ1) is 21.7. The van der Waals surface area contributed by atoms with Crippen LogP contribution in [0.2, 0.25) is 0 Å². The molecule has 2 aromatic rings.